The van der Waals surface area contributed by atoms with Gasteiger partial charge in [0.15, 0.2) is 0 Å². The molecule has 4 N–H and O–H groups in total. The van der Waals surface area contributed by atoms with Crippen molar-refractivity contribution in [1.29, 1.82) is 0 Å². The number of benzene rings is 1. The minimum Gasteiger partial charge on any atom is -0.444 e. The summed E-state index contributed by atoms with van der Waals surface area (Å²) in [6.07, 6.45) is 6.91. The largest absolute Gasteiger partial charge is 0.444 e. The number of allylic oxidation sites excluding steroid dienone is 1. The lowest BCUT2D eigenvalue weighted by molar-refractivity contribution is -0.140. The molecule has 44 heavy (non-hydrogen) atoms. The molecule has 14 heteroatoms. The summed E-state index contributed by atoms with van der Waals surface area (Å²) in [5, 5.41) is 2.16. The van der Waals surface area contributed by atoms with Crippen molar-refractivity contribution >= 4 is 33.8 Å². The molecule has 5 atom stereocenters. The standard InChI is InChI=1S/C30H38FN5O7S/c31-23-9-6-7-18-15-35(17-22(18)23)29(40)43-20-13-25-26(37)33-30(28(39)34-44(41,42)21-11-12-21)14-19(30)8-4-2-1-3-5-10-24(32)27(38)36(25)16-20/h4,6-9,19-21,24-25H,1-3,5,10-17,32H2,(H,33,37)(H,34,39)/b8-4-/t19?,20-,24+,25+,30-/m1/s1. The van der Waals surface area contributed by atoms with Crippen molar-refractivity contribution in [3.63, 3.8) is 0 Å². The molecule has 238 valence electrons. The average molecular weight is 632 g/mol. The van der Waals surface area contributed by atoms with Crippen LogP contribution in [0.4, 0.5) is 9.18 Å². The van der Waals surface area contributed by atoms with Crippen LogP contribution in [-0.4, -0.2) is 77.6 Å². The van der Waals surface area contributed by atoms with Crippen molar-refractivity contribution in [3.8, 4) is 0 Å². The molecule has 1 aromatic carbocycles. The molecular weight excluding hydrogens is 593 g/mol. The molecule has 3 fully saturated rings. The lowest BCUT2D eigenvalue weighted by Gasteiger charge is -2.28. The van der Waals surface area contributed by atoms with E-state index < -0.39 is 74.5 Å². The fraction of sp³-hybridized carbons (Fsp3) is 0.600. The van der Waals surface area contributed by atoms with Crippen LogP contribution >= 0.6 is 0 Å². The number of fused-ring (bicyclic) bond motifs is 3. The Kier molecular flexibility index (Phi) is 8.16. The van der Waals surface area contributed by atoms with E-state index in [1.807, 2.05) is 12.2 Å². The van der Waals surface area contributed by atoms with Gasteiger partial charge in [0.2, 0.25) is 21.8 Å². The average Bonchev–Trinajstić information content (AvgIpc) is 3.86. The fourth-order valence-corrected chi connectivity index (χ4v) is 7.83. The van der Waals surface area contributed by atoms with E-state index in [2.05, 4.69) is 10.0 Å². The Hall–Kier alpha value is -3.52. The van der Waals surface area contributed by atoms with Gasteiger partial charge in [-0.1, -0.05) is 37.1 Å². The van der Waals surface area contributed by atoms with E-state index in [1.165, 1.54) is 15.9 Å². The number of carbonyl (C=O) groups is 4. The van der Waals surface area contributed by atoms with E-state index in [-0.39, 0.29) is 32.5 Å². The van der Waals surface area contributed by atoms with Gasteiger partial charge in [0.1, 0.15) is 23.5 Å². The van der Waals surface area contributed by atoms with Gasteiger partial charge >= 0.3 is 6.09 Å². The minimum absolute atomic E-state index is 0.0379. The zero-order chi connectivity index (χ0) is 31.2. The van der Waals surface area contributed by atoms with E-state index in [9.17, 15) is 32.0 Å². The summed E-state index contributed by atoms with van der Waals surface area (Å²) in [5.74, 6) is -2.73. The Bertz CT molecular complexity index is 1500. The molecule has 1 saturated heterocycles. The molecule has 1 aromatic rings. The highest BCUT2D eigenvalue weighted by Gasteiger charge is 2.62. The summed E-state index contributed by atoms with van der Waals surface area (Å²) in [4.78, 5) is 56.5. The summed E-state index contributed by atoms with van der Waals surface area (Å²) in [6.45, 7) is 0.137. The highest BCUT2D eigenvalue weighted by atomic mass is 32.2. The van der Waals surface area contributed by atoms with Gasteiger partial charge in [-0.15, -0.1) is 0 Å². The van der Waals surface area contributed by atoms with Gasteiger partial charge in [0.25, 0.3) is 5.91 Å². The van der Waals surface area contributed by atoms with Gasteiger partial charge < -0.3 is 20.7 Å². The predicted octanol–water partition coefficient (Wildman–Crippen LogP) is 1.58. The lowest BCUT2D eigenvalue weighted by Crippen LogP contribution is -2.57. The summed E-state index contributed by atoms with van der Waals surface area (Å²) in [7, 11) is -3.86. The van der Waals surface area contributed by atoms with Crippen LogP contribution in [0.2, 0.25) is 0 Å². The second-order valence-electron chi connectivity index (χ2n) is 12.6. The Morgan fingerprint density at radius 2 is 1.91 bits per heavy atom. The van der Waals surface area contributed by atoms with Crippen molar-refractivity contribution in [2.75, 3.05) is 6.54 Å². The molecule has 4 amide bonds. The third-order valence-electron chi connectivity index (χ3n) is 9.34. The molecule has 0 bridgehead atoms. The van der Waals surface area contributed by atoms with Crippen LogP contribution in [0.25, 0.3) is 0 Å². The molecule has 0 aromatic heterocycles. The number of rotatable bonds is 4. The number of halogens is 1. The van der Waals surface area contributed by atoms with Crippen LogP contribution in [0.1, 0.15) is 68.9 Å². The molecule has 3 aliphatic heterocycles. The van der Waals surface area contributed by atoms with Gasteiger partial charge in [-0.25, -0.2) is 17.6 Å². The lowest BCUT2D eigenvalue weighted by atomic mass is 10.1. The molecule has 2 saturated carbocycles. The van der Waals surface area contributed by atoms with Crippen molar-refractivity contribution in [2.45, 2.75) is 99.9 Å². The second-order valence-corrected chi connectivity index (χ2v) is 14.6. The number of nitrogens with two attached hydrogens (primary N) is 1. The fourth-order valence-electron chi connectivity index (χ4n) is 6.47. The third-order valence-corrected chi connectivity index (χ3v) is 11.2. The first-order chi connectivity index (χ1) is 21.0. The van der Waals surface area contributed by atoms with Crippen LogP contribution in [0.3, 0.4) is 0 Å². The molecule has 3 heterocycles. The van der Waals surface area contributed by atoms with Crippen molar-refractivity contribution < 1.29 is 36.7 Å². The van der Waals surface area contributed by atoms with E-state index in [0.29, 0.717) is 36.8 Å². The molecule has 0 spiro atoms. The van der Waals surface area contributed by atoms with E-state index in [1.54, 1.807) is 12.1 Å². The highest BCUT2D eigenvalue weighted by molar-refractivity contribution is 7.91. The van der Waals surface area contributed by atoms with Gasteiger partial charge in [0.05, 0.1) is 24.4 Å². The minimum atomic E-state index is -3.86. The maximum atomic E-state index is 14.2. The Morgan fingerprint density at radius 3 is 2.66 bits per heavy atom. The number of nitrogens with one attached hydrogen (secondary N) is 2. The van der Waals surface area contributed by atoms with E-state index in [0.717, 1.165) is 19.3 Å². The molecule has 6 rings (SSSR count). The maximum absolute atomic E-state index is 14.2. The summed E-state index contributed by atoms with van der Waals surface area (Å²) >= 11 is 0. The van der Waals surface area contributed by atoms with Crippen LogP contribution in [0.15, 0.2) is 30.4 Å². The number of carbonyl (C=O) groups excluding carboxylic acids is 4. The van der Waals surface area contributed by atoms with Crippen molar-refractivity contribution in [3.05, 3.63) is 47.3 Å². The van der Waals surface area contributed by atoms with Crippen molar-refractivity contribution in [2.24, 2.45) is 11.7 Å². The predicted molar refractivity (Wildman–Crippen MR) is 155 cm³/mol. The summed E-state index contributed by atoms with van der Waals surface area (Å²) < 4.78 is 47.3. The van der Waals surface area contributed by atoms with Crippen LogP contribution in [-0.2, 0) is 42.2 Å². The monoisotopic (exact) mass is 631 g/mol. The number of ether oxygens (including phenoxy) is 1. The zero-order valence-corrected chi connectivity index (χ0v) is 25.2. The third kappa shape index (κ3) is 6.06. The molecule has 2 aliphatic carbocycles. The van der Waals surface area contributed by atoms with Crippen LogP contribution in [0.5, 0.6) is 0 Å². The zero-order valence-electron chi connectivity index (χ0n) is 24.4. The van der Waals surface area contributed by atoms with E-state index in [4.69, 9.17) is 10.5 Å². The first-order valence-electron chi connectivity index (χ1n) is 15.3. The van der Waals surface area contributed by atoms with Gasteiger partial charge in [-0.05, 0) is 50.2 Å². The number of hydrogen-bond donors (Lipinski definition) is 3. The highest BCUT2D eigenvalue weighted by Crippen LogP contribution is 2.46. The number of nitrogens with zero attached hydrogens (tertiary/aromatic N) is 2. The second kappa shape index (κ2) is 11.8. The van der Waals surface area contributed by atoms with E-state index >= 15 is 0 Å². The summed E-state index contributed by atoms with van der Waals surface area (Å²) in [5.41, 5.74) is 5.89. The van der Waals surface area contributed by atoms with Crippen LogP contribution < -0.4 is 15.8 Å². The van der Waals surface area contributed by atoms with Gasteiger partial charge in [-0.2, -0.15) is 0 Å². The molecular formula is C30H38FN5O7S. The Morgan fingerprint density at radius 1 is 1.11 bits per heavy atom. The first kappa shape index (κ1) is 30.5. The topological polar surface area (TPSA) is 168 Å². The summed E-state index contributed by atoms with van der Waals surface area (Å²) in [6, 6.07) is 2.68. The molecule has 0 radical (unpaired) electrons. The van der Waals surface area contributed by atoms with Gasteiger partial charge in [-0.3, -0.25) is 24.0 Å². The van der Waals surface area contributed by atoms with Crippen molar-refractivity contribution in [1.82, 2.24) is 19.8 Å². The quantitative estimate of drug-likeness (QED) is 0.421. The molecule has 5 aliphatic rings. The smallest absolute Gasteiger partial charge is 0.410 e. The Balaban J connectivity index is 1.20. The van der Waals surface area contributed by atoms with Gasteiger partial charge in [0, 0.05) is 24.4 Å². The SMILES string of the molecule is N[C@H]1CCCCC/C=C\C2C[C@@]2(C(=O)NS(=O)(=O)C2CC2)NC(=O)[C@@H]2C[C@@H](OC(=O)N3Cc4cccc(F)c4C3)CN2C1=O. The number of hydrogen-bond acceptors (Lipinski definition) is 8. The van der Waals surface area contributed by atoms with Crippen LogP contribution in [0, 0.1) is 11.7 Å². The molecule has 12 nitrogen and oxygen atoms in total. The number of amides is 4. The molecule has 1 unspecified atom stereocenters. The first-order valence-corrected chi connectivity index (χ1v) is 16.9. The normalized spacial score (nSPS) is 31.5. The maximum Gasteiger partial charge on any atom is 0.410 e. The number of sulfonamides is 1. The Labute approximate surface area is 255 Å².